The van der Waals surface area contributed by atoms with Gasteiger partial charge in [-0.15, -0.1) is 0 Å². The van der Waals surface area contributed by atoms with Crippen LogP contribution >= 0.6 is 0 Å². The number of ether oxygens (including phenoxy) is 3. The number of rotatable bonds is 56. The zero-order chi connectivity index (χ0) is 49.6. The Bertz CT molecular complexity index is 1040. The Hall–Kier alpha value is -1.59. The lowest BCUT2D eigenvalue weighted by atomic mass is 10.0. The molecule has 0 N–H and O–H groups in total. The van der Waals surface area contributed by atoms with Gasteiger partial charge >= 0.3 is 17.9 Å². The monoisotopic (exact) mass is 961 g/mol. The van der Waals surface area contributed by atoms with Crippen LogP contribution in [0.15, 0.2) is 0 Å². The van der Waals surface area contributed by atoms with Crippen LogP contribution in [0.25, 0.3) is 0 Å². The van der Waals surface area contributed by atoms with E-state index in [0.29, 0.717) is 19.3 Å². The van der Waals surface area contributed by atoms with E-state index in [1.165, 1.54) is 238 Å². The second kappa shape index (κ2) is 54.7. The molecule has 0 unspecified atom stereocenters. The van der Waals surface area contributed by atoms with E-state index < -0.39 is 6.10 Å². The van der Waals surface area contributed by atoms with E-state index in [9.17, 15) is 14.4 Å². The normalized spacial score (nSPS) is 12.0. The zero-order valence-electron chi connectivity index (χ0n) is 46.7. The second-order valence-corrected chi connectivity index (χ2v) is 22.3. The fourth-order valence-corrected chi connectivity index (χ4v) is 9.58. The highest BCUT2D eigenvalue weighted by Gasteiger charge is 2.19. The molecule has 0 aliphatic carbocycles. The average Bonchev–Trinajstić information content (AvgIpc) is 3.31. The maximum Gasteiger partial charge on any atom is 0.306 e. The lowest BCUT2D eigenvalue weighted by Gasteiger charge is -2.18. The molecular weight excluding hydrogens is 841 g/mol. The molecule has 0 aromatic heterocycles. The molecule has 68 heavy (non-hydrogen) atoms. The fourth-order valence-electron chi connectivity index (χ4n) is 9.58. The minimum Gasteiger partial charge on any atom is -0.462 e. The number of esters is 3. The number of hydrogen-bond acceptors (Lipinski definition) is 6. The van der Waals surface area contributed by atoms with Gasteiger partial charge in [-0.05, 0) is 31.1 Å². The van der Waals surface area contributed by atoms with Crippen LogP contribution in [0.2, 0.25) is 0 Å². The summed E-state index contributed by atoms with van der Waals surface area (Å²) in [4.78, 5) is 38.2. The number of unbranched alkanes of at least 4 members (excludes halogenated alkanes) is 41. The standard InChI is InChI=1S/C62H120O6/c1-6-7-8-9-10-11-12-13-22-27-32-37-42-47-52-60(63)66-55-59(68-62(65)54-49-44-39-34-29-24-19-18-21-26-31-36-41-46-51-58(4)5)56-67-61(64)53-48-43-38-33-28-23-17-15-14-16-20-25-30-35-40-45-50-57(2)3/h57-59H,6-56H2,1-5H3/t59-/m1/s1. The molecule has 0 heterocycles. The summed E-state index contributed by atoms with van der Waals surface area (Å²) in [5.74, 6) is 0.863. The van der Waals surface area contributed by atoms with Crippen LogP contribution in [0, 0.1) is 11.8 Å². The second-order valence-electron chi connectivity index (χ2n) is 22.3. The van der Waals surface area contributed by atoms with E-state index in [-0.39, 0.29) is 31.1 Å². The molecule has 1 atom stereocenters. The fraction of sp³-hybridized carbons (Fsp3) is 0.952. The van der Waals surface area contributed by atoms with Gasteiger partial charge in [0.05, 0.1) is 0 Å². The van der Waals surface area contributed by atoms with E-state index in [1.807, 2.05) is 0 Å². The Morgan fingerprint density at radius 2 is 0.485 bits per heavy atom. The van der Waals surface area contributed by atoms with Crippen LogP contribution in [-0.2, 0) is 28.6 Å². The number of carbonyl (C=O) groups is 3. The summed E-state index contributed by atoms with van der Waals surface area (Å²) in [6.45, 7) is 11.4. The minimum absolute atomic E-state index is 0.0621. The smallest absolute Gasteiger partial charge is 0.306 e. The van der Waals surface area contributed by atoms with Gasteiger partial charge < -0.3 is 14.2 Å². The van der Waals surface area contributed by atoms with Gasteiger partial charge in [0, 0.05) is 19.3 Å². The first-order chi connectivity index (χ1) is 33.2. The molecule has 6 nitrogen and oxygen atoms in total. The molecule has 0 rings (SSSR count). The number of carbonyl (C=O) groups excluding carboxylic acids is 3. The lowest BCUT2D eigenvalue weighted by molar-refractivity contribution is -0.167. The van der Waals surface area contributed by atoms with E-state index in [1.54, 1.807) is 0 Å². The molecule has 404 valence electrons. The van der Waals surface area contributed by atoms with Crippen molar-refractivity contribution in [3.63, 3.8) is 0 Å². The highest BCUT2D eigenvalue weighted by Crippen LogP contribution is 2.19. The molecule has 0 saturated heterocycles. The predicted molar refractivity (Wildman–Crippen MR) is 293 cm³/mol. The maximum absolute atomic E-state index is 12.9. The third-order valence-electron chi connectivity index (χ3n) is 14.2. The van der Waals surface area contributed by atoms with Gasteiger partial charge in [0.2, 0.25) is 0 Å². The van der Waals surface area contributed by atoms with Gasteiger partial charge in [0.15, 0.2) is 6.10 Å². The first kappa shape index (κ1) is 66.4. The largest absolute Gasteiger partial charge is 0.462 e. The topological polar surface area (TPSA) is 78.9 Å². The predicted octanol–water partition coefficient (Wildman–Crippen LogP) is 20.4. The summed E-state index contributed by atoms with van der Waals surface area (Å²) >= 11 is 0. The summed E-state index contributed by atoms with van der Waals surface area (Å²) in [6.07, 6.45) is 59.5. The summed E-state index contributed by atoms with van der Waals surface area (Å²) in [6, 6.07) is 0. The van der Waals surface area contributed by atoms with Gasteiger partial charge in [-0.25, -0.2) is 0 Å². The van der Waals surface area contributed by atoms with E-state index in [4.69, 9.17) is 14.2 Å². The van der Waals surface area contributed by atoms with Crippen molar-refractivity contribution >= 4 is 17.9 Å². The lowest BCUT2D eigenvalue weighted by Crippen LogP contribution is -2.30. The van der Waals surface area contributed by atoms with Crippen molar-refractivity contribution in [2.45, 2.75) is 355 Å². The van der Waals surface area contributed by atoms with E-state index >= 15 is 0 Å². The Morgan fingerprint density at radius 1 is 0.279 bits per heavy atom. The molecule has 0 spiro atoms. The van der Waals surface area contributed by atoms with Crippen molar-refractivity contribution in [3.8, 4) is 0 Å². The van der Waals surface area contributed by atoms with Crippen LogP contribution in [0.4, 0.5) is 0 Å². The Morgan fingerprint density at radius 3 is 0.721 bits per heavy atom. The minimum atomic E-state index is -0.763. The molecule has 0 aliphatic heterocycles. The zero-order valence-corrected chi connectivity index (χ0v) is 46.7. The highest BCUT2D eigenvalue weighted by atomic mass is 16.6. The number of hydrogen-bond donors (Lipinski definition) is 0. The van der Waals surface area contributed by atoms with Crippen LogP contribution in [0.3, 0.4) is 0 Å². The van der Waals surface area contributed by atoms with Crippen molar-refractivity contribution in [1.29, 1.82) is 0 Å². The molecule has 0 aromatic carbocycles. The quantitative estimate of drug-likeness (QED) is 0.0343. The summed E-state index contributed by atoms with van der Waals surface area (Å²) in [7, 11) is 0. The van der Waals surface area contributed by atoms with Crippen molar-refractivity contribution in [3.05, 3.63) is 0 Å². The van der Waals surface area contributed by atoms with Crippen molar-refractivity contribution < 1.29 is 28.6 Å². The third kappa shape index (κ3) is 55.3. The Balaban J connectivity index is 4.28. The summed E-state index contributed by atoms with van der Waals surface area (Å²) < 4.78 is 16.9. The molecule has 0 fully saturated rings. The maximum atomic E-state index is 12.9. The van der Waals surface area contributed by atoms with E-state index in [2.05, 4.69) is 34.6 Å². The van der Waals surface area contributed by atoms with Crippen molar-refractivity contribution in [1.82, 2.24) is 0 Å². The van der Waals surface area contributed by atoms with Gasteiger partial charge in [-0.3, -0.25) is 14.4 Å². The molecule has 0 aliphatic rings. The Labute approximate surface area is 425 Å². The summed E-state index contributed by atoms with van der Waals surface area (Å²) in [5, 5.41) is 0. The molecule has 0 aromatic rings. The molecule has 0 amide bonds. The van der Waals surface area contributed by atoms with Crippen LogP contribution in [0.1, 0.15) is 349 Å². The SMILES string of the molecule is CCCCCCCCCCCCCCCCC(=O)OC[C@H](COC(=O)CCCCCCCCCCCCCCCCCCC(C)C)OC(=O)CCCCCCCCCCCCCCCCC(C)C. The molecule has 6 heteroatoms. The van der Waals surface area contributed by atoms with Crippen molar-refractivity contribution in [2.75, 3.05) is 13.2 Å². The summed E-state index contributed by atoms with van der Waals surface area (Å²) in [5.41, 5.74) is 0. The third-order valence-corrected chi connectivity index (χ3v) is 14.2. The van der Waals surface area contributed by atoms with Gasteiger partial charge in [-0.1, -0.05) is 311 Å². The molecule has 0 saturated carbocycles. The van der Waals surface area contributed by atoms with Crippen LogP contribution in [-0.4, -0.2) is 37.2 Å². The van der Waals surface area contributed by atoms with Crippen molar-refractivity contribution in [2.24, 2.45) is 11.8 Å². The average molecular weight is 962 g/mol. The first-order valence-corrected chi connectivity index (χ1v) is 30.7. The molecule has 0 bridgehead atoms. The first-order valence-electron chi connectivity index (χ1n) is 30.7. The van der Waals surface area contributed by atoms with Gasteiger partial charge in [0.25, 0.3) is 0 Å². The Kier molecular flexibility index (Phi) is 53.5. The van der Waals surface area contributed by atoms with Crippen LogP contribution in [0.5, 0.6) is 0 Å². The van der Waals surface area contributed by atoms with E-state index in [0.717, 1.165) is 69.6 Å². The van der Waals surface area contributed by atoms with Gasteiger partial charge in [0.1, 0.15) is 13.2 Å². The molecule has 0 radical (unpaired) electrons. The highest BCUT2D eigenvalue weighted by molar-refractivity contribution is 5.71. The van der Waals surface area contributed by atoms with Gasteiger partial charge in [-0.2, -0.15) is 0 Å². The molecular formula is C62H120O6. The van der Waals surface area contributed by atoms with Crippen LogP contribution < -0.4 is 0 Å².